The van der Waals surface area contributed by atoms with Crippen molar-refractivity contribution in [2.75, 3.05) is 10.0 Å². The highest BCUT2D eigenvalue weighted by atomic mass is 32.2. The monoisotopic (exact) mass is 449 g/mol. The zero-order valence-electron chi connectivity index (χ0n) is 17.0. The predicted octanol–water partition coefficient (Wildman–Crippen LogP) is 3.82. The lowest BCUT2D eigenvalue weighted by atomic mass is 10.3. The van der Waals surface area contributed by atoms with Crippen molar-refractivity contribution in [1.82, 2.24) is 14.5 Å². The van der Waals surface area contributed by atoms with Gasteiger partial charge in [0.2, 0.25) is 11.8 Å². The minimum absolute atomic E-state index is 0.0745. The largest absolute Gasteiger partial charge is 0.439 e. The molecule has 2 aromatic heterocycles. The van der Waals surface area contributed by atoms with Gasteiger partial charge in [0.25, 0.3) is 10.0 Å². The number of nitrogens with one attached hydrogen (secondary N) is 2. The molecule has 2 heterocycles. The summed E-state index contributed by atoms with van der Waals surface area (Å²) < 4.78 is 35.3. The summed E-state index contributed by atoms with van der Waals surface area (Å²) in [5.74, 6) is 1.28. The maximum Gasteiger partial charge on any atom is 0.261 e. The zero-order chi connectivity index (χ0) is 22.6. The Hall–Kier alpha value is -4.18. The molecule has 1 amide bonds. The Kier molecular flexibility index (Phi) is 5.86. The van der Waals surface area contributed by atoms with Gasteiger partial charge in [-0.25, -0.2) is 18.4 Å². The fourth-order valence-corrected chi connectivity index (χ4v) is 3.92. The molecule has 0 spiro atoms. The molecule has 0 fully saturated rings. The highest BCUT2D eigenvalue weighted by Gasteiger charge is 2.14. The van der Waals surface area contributed by atoms with E-state index in [2.05, 4.69) is 20.0 Å². The first-order chi connectivity index (χ1) is 15.4. The van der Waals surface area contributed by atoms with Crippen molar-refractivity contribution in [3.8, 4) is 17.4 Å². The molecule has 162 valence electrons. The van der Waals surface area contributed by atoms with Gasteiger partial charge in [0.05, 0.1) is 4.90 Å². The SMILES string of the molecule is CC(=O)Nc1ccc(S(=O)(=O)Nc2ccc(Oc3cc(-n4cccc4)ncn3)cc2)cc1. The molecule has 9 nitrogen and oxygen atoms in total. The van der Waals surface area contributed by atoms with Gasteiger partial charge in [-0.1, -0.05) is 0 Å². The second kappa shape index (κ2) is 8.90. The molecule has 0 saturated carbocycles. The van der Waals surface area contributed by atoms with Crippen LogP contribution in [0.1, 0.15) is 6.92 Å². The second-order valence-electron chi connectivity index (χ2n) is 6.74. The number of hydrogen-bond acceptors (Lipinski definition) is 6. The lowest BCUT2D eigenvalue weighted by Crippen LogP contribution is -2.13. The Morgan fingerprint density at radius 2 is 1.59 bits per heavy atom. The molecule has 2 N–H and O–H groups in total. The van der Waals surface area contributed by atoms with Gasteiger partial charge in [-0.05, 0) is 60.7 Å². The van der Waals surface area contributed by atoms with Gasteiger partial charge in [-0.2, -0.15) is 0 Å². The highest BCUT2D eigenvalue weighted by Crippen LogP contribution is 2.24. The number of anilines is 2. The number of ether oxygens (including phenoxy) is 1. The molecule has 0 aliphatic heterocycles. The summed E-state index contributed by atoms with van der Waals surface area (Å²) in [5, 5.41) is 2.59. The molecule has 0 aliphatic carbocycles. The van der Waals surface area contributed by atoms with E-state index < -0.39 is 10.0 Å². The molecular weight excluding hydrogens is 430 g/mol. The zero-order valence-corrected chi connectivity index (χ0v) is 17.8. The third-order valence-electron chi connectivity index (χ3n) is 4.31. The van der Waals surface area contributed by atoms with Crippen LogP contribution in [-0.2, 0) is 14.8 Å². The molecular formula is C22H19N5O4S. The number of benzene rings is 2. The average Bonchev–Trinajstić information content (AvgIpc) is 3.30. The van der Waals surface area contributed by atoms with Gasteiger partial charge in [-0.3, -0.25) is 9.52 Å². The molecule has 10 heteroatoms. The molecule has 2 aromatic carbocycles. The van der Waals surface area contributed by atoms with Crippen LogP contribution >= 0.6 is 0 Å². The van der Waals surface area contributed by atoms with Crippen molar-refractivity contribution in [1.29, 1.82) is 0 Å². The smallest absolute Gasteiger partial charge is 0.261 e. The predicted molar refractivity (Wildman–Crippen MR) is 119 cm³/mol. The van der Waals surface area contributed by atoms with Crippen molar-refractivity contribution in [3.05, 3.63) is 85.5 Å². The number of hydrogen-bond donors (Lipinski definition) is 2. The summed E-state index contributed by atoms with van der Waals surface area (Å²) in [6.07, 6.45) is 5.13. The van der Waals surface area contributed by atoms with E-state index in [4.69, 9.17) is 4.74 Å². The molecule has 0 unspecified atom stereocenters. The maximum absolute atomic E-state index is 12.6. The van der Waals surface area contributed by atoms with Gasteiger partial charge in [-0.15, -0.1) is 0 Å². The fourth-order valence-electron chi connectivity index (χ4n) is 2.86. The first kappa shape index (κ1) is 21.1. The summed E-state index contributed by atoms with van der Waals surface area (Å²) in [7, 11) is -3.79. The number of nitrogens with zero attached hydrogens (tertiary/aromatic N) is 3. The quantitative estimate of drug-likeness (QED) is 0.443. The van der Waals surface area contributed by atoms with Crippen LogP contribution in [0.5, 0.6) is 11.6 Å². The average molecular weight is 449 g/mol. The summed E-state index contributed by atoms with van der Waals surface area (Å²) in [4.78, 5) is 19.5. The van der Waals surface area contributed by atoms with Crippen LogP contribution in [0.2, 0.25) is 0 Å². The standard InChI is InChI=1S/C22H19N5O4S/c1-16(28)25-17-6-10-20(11-7-17)32(29,30)26-18-4-8-19(9-5-18)31-22-14-21(23-15-24-22)27-12-2-3-13-27/h2-15,26H,1H3,(H,25,28). The van der Waals surface area contributed by atoms with E-state index in [1.165, 1.54) is 37.5 Å². The topological polar surface area (TPSA) is 115 Å². The van der Waals surface area contributed by atoms with Crippen LogP contribution in [0.15, 0.2) is 90.3 Å². The van der Waals surface area contributed by atoms with Crippen LogP contribution in [-0.4, -0.2) is 28.9 Å². The molecule has 4 aromatic rings. The molecule has 0 bridgehead atoms. The Morgan fingerprint density at radius 3 is 2.25 bits per heavy atom. The van der Waals surface area contributed by atoms with E-state index in [0.29, 0.717) is 28.8 Å². The van der Waals surface area contributed by atoms with Crippen LogP contribution in [0.25, 0.3) is 5.82 Å². The van der Waals surface area contributed by atoms with Crippen LogP contribution in [0, 0.1) is 0 Å². The van der Waals surface area contributed by atoms with Gasteiger partial charge < -0.3 is 14.6 Å². The van der Waals surface area contributed by atoms with Crippen molar-refractivity contribution in [3.63, 3.8) is 0 Å². The summed E-state index contributed by atoms with van der Waals surface area (Å²) in [6, 6.07) is 17.8. The Balaban J connectivity index is 1.43. The molecule has 0 saturated heterocycles. The molecule has 0 aliphatic rings. The minimum atomic E-state index is -3.79. The van der Waals surface area contributed by atoms with Gasteiger partial charge in [0.1, 0.15) is 17.9 Å². The number of amides is 1. The second-order valence-corrected chi connectivity index (χ2v) is 8.42. The lowest BCUT2D eigenvalue weighted by molar-refractivity contribution is -0.114. The van der Waals surface area contributed by atoms with Gasteiger partial charge in [0, 0.05) is 36.8 Å². The lowest BCUT2D eigenvalue weighted by Gasteiger charge is -2.10. The normalized spacial score (nSPS) is 11.0. The third kappa shape index (κ3) is 5.10. The molecule has 4 rings (SSSR count). The molecule has 0 radical (unpaired) electrons. The van der Waals surface area contributed by atoms with Gasteiger partial charge >= 0.3 is 0 Å². The van der Waals surface area contributed by atoms with E-state index in [1.807, 2.05) is 29.1 Å². The molecule has 32 heavy (non-hydrogen) atoms. The van der Waals surface area contributed by atoms with Crippen LogP contribution < -0.4 is 14.8 Å². The van der Waals surface area contributed by atoms with E-state index in [9.17, 15) is 13.2 Å². The number of carbonyl (C=O) groups excluding carboxylic acids is 1. The number of sulfonamides is 1. The van der Waals surface area contributed by atoms with Crippen LogP contribution in [0.4, 0.5) is 11.4 Å². The first-order valence-electron chi connectivity index (χ1n) is 9.53. The fraction of sp³-hybridized carbons (Fsp3) is 0.0455. The van der Waals surface area contributed by atoms with Gasteiger partial charge in [0.15, 0.2) is 0 Å². The number of aromatic nitrogens is 3. The van der Waals surface area contributed by atoms with E-state index in [1.54, 1.807) is 30.3 Å². The number of carbonyl (C=O) groups is 1. The molecule has 0 atom stereocenters. The summed E-state index contributed by atoms with van der Waals surface area (Å²) >= 11 is 0. The summed E-state index contributed by atoms with van der Waals surface area (Å²) in [5.41, 5.74) is 0.890. The van der Waals surface area contributed by atoms with E-state index in [-0.39, 0.29) is 10.8 Å². The van der Waals surface area contributed by atoms with Crippen LogP contribution in [0.3, 0.4) is 0 Å². The van der Waals surface area contributed by atoms with Crippen molar-refractivity contribution in [2.24, 2.45) is 0 Å². The Labute approximate surface area is 184 Å². The maximum atomic E-state index is 12.6. The van der Waals surface area contributed by atoms with Crippen molar-refractivity contribution >= 4 is 27.3 Å². The minimum Gasteiger partial charge on any atom is -0.439 e. The van der Waals surface area contributed by atoms with E-state index >= 15 is 0 Å². The Bertz CT molecular complexity index is 1320. The summed E-state index contributed by atoms with van der Waals surface area (Å²) in [6.45, 7) is 1.38. The van der Waals surface area contributed by atoms with Crippen molar-refractivity contribution in [2.45, 2.75) is 11.8 Å². The first-order valence-corrected chi connectivity index (χ1v) is 11.0. The van der Waals surface area contributed by atoms with E-state index in [0.717, 1.165) is 0 Å². The number of rotatable bonds is 7. The third-order valence-corrected chi connectivity index (χ3v) is 5.71. The Morgan fingerprint density at radius 1 is 0.938 bits per heavy atom. The van der Waals surface area contributed by atoms with Crippen molar-refractivity contribution < 1.29 is 17.9 Å². The highest BCUT2D eigenvalue weighted by molar-refractivity contribution is 7.92.